The van der Waals surface area contributed by atoms with Gasteiger partial charge in [-0.2, -0.15) is 0 Å². The van der Waals surface area contributed by atoms with Crippen LogP contribution in [0.25, 0.3) is 0 Å². The molecule has 0 spiro atoms. The second-order valence-corrected chi connectivity index (χ2v) is 2.55. The SMILES string of the molecule is COc1c[nH]c(I)c1. The molecule has 0 bridgehead atoms. The third kappa shape index (κ3) is 1.15. The van der Waals surface area contributed by atoms with Crippen molar-refractivity contribution in [2.75, 3.05) is 7.11 Å². The van der Waals surface area contributed by atoms with Gasteiger partial charge in [-0.3, -0.25) is 0 Å². The first kappa shape index (κ1) is 5.94. The lowest BCUT2D eigenvalue weighted by atomic mass is 10.6. The molecule has 1 aromatic heterocycles. The lowest BCUT2D eigenvalue weighted by Crippen LogP contribution is -1.75. The minimum atomic E-state index is 0.884. The van der Waals surface area contributed by atoms with Gasteiger partial charge in [-0.25, -0.2) is 0 Å². The summed E-state index contributed by atoms with van der Waals surface area (Å²) in [5.41, 5.74) is 0. The van der Waals surface area contributed by atoms with E-state index in [9.17, 15) is 0 Å². The fourth-order valence-corrected chi connectivity index (χ4v) is 0.929. The Balaban J connectivity index is 2.84. The van der Waals surface area contributed by atoms with Crippen LogP contribution in [0, 0.1) is 3.70 Å². The molecule has 0 amide bonds. The Morgan fingerprint density at radius 1 is 1.75 bits per heavy atom. The molecule has 1 N–H and O–H groups in total. The molecule has 0 unspecified atom stereocenters. The lowest BCUT2D eigenvalue weighted by molar-refractivity contribution is 0.415. The van der Waals surface area contributed by atoms with E-state index in [1.165, 1.54) is 0 Å². The first-order valence-corrected chi connectivity index (χ1v) is 3.28. The van der Waals surface area contributed by atoms with Crippen molar-refractivity contribution in [1.82, 2.24) is 4.98 Å². The molecule has 1 heterocycles. The predicted octanol–water partition coefficient (Wildman–Crippen LogP) is 1.63. The predicted molar refractivity (Wildman–Crippen MR) is 40.1 cm³/mol. The average molecular weight is 223 g/mol. The van der Waals surface area contributed by atoms with Crippen molar-refractivity contribution in [3.8, 4) is 5.75 Å². The van der Waals surface area contributed by atoms with Crippen molar-refractivity contribution in [1.29, 1.82) is 0 Å². The van der Waals surface area contributed by atoms with Crippen LogP contribution in [0.2, 0.25) is 0 Å². The summed E-state index contributed by atoms with van der Waals surface area (Å²) < 4.78 is 6.00. The van der Waals surface area contributed by atoms with Gasteiger partial charge >= 0.3 is 0 Å². The van der Waals surface area contributed by atoms with Crippen LogP contribution in [0.15, 0.2) is 12.3 Å². The van der Waals surface area contributed by atoms with Gasteiger partial charge < -0.3 is 9.72 Å². The van der Waals surface area contributed by atoms with Gasteiger partial charge in [0, 0.05) is 12.3 Å². The molecule has 8 heavy (non-hydrogen) atoms. The largest absolute Gasteiger partial charge is 0.495 e. The summed E-state index contributed by atoms with van der Waals surface area (Å²) >= 11 is 2.19. The Kier molecular flexibility index (Phi) is 1.77. The van der Waals surface area contributed by atoms with Crippen molar-refractivity contribution >= 4 is 22.6 Å². The zero-order valence-corrected chi connectivity index (χ0v) is 6.60. The standard InChI is InChI=1S/C5H6INO/c1-8-4-2-5(6)7-3-4/h2-3,7H,1H3. The van der Waals surface area contributed by atoms with Crippen molar-refractivity contribution in [3.05, 3.63) is 16.0 Å². The zero-order chi connectivity index (χ0) is 5.98. The van der Waals surface area contributed by atoms with Crippen LogP contribution in [0.1, 0.15) is 0 Å². The van der Waals surface area contributed by atoms with Crippen LogP contribution in [-0.4, -0.2) is 12.1 Å². The smallest absolute Gasteiger partial charge is 0.137 e. The number of halogens is 1. The third-order valence-corrected chi connectivity index (χ3v) is 1.48. The van der Waals surface area contributed by atoms with Gasteiger partial charge in [-0.15, -0.1) is 0 Å². The minimum absolute atomic E-state index is 0.884. The summed E-state index contributed by atoms with van der Waals surface area (Å²) in [7, 11) is 1.65. The molecule has 0 saturated heterocycles. The summed E-state index contributed by atoms with van der Waals surface area (Å²) in [4.78, 5) is 2.98. The Morgan fingerprint density at radius 2 is 2.50 bits per heavy atom. The lowest BCUT2D eigenvalue weighted by Gasteiger charge is -1.86. The third-order valence-electron chi connectivity index (χ3n) is 0.857. The number of ether oxygens (including phenoxy) is 1. The number of hydrogen-bond donors (Lipinski definition) is 1. The fraction of sp³-hybridized carbons (Fsp3) is 0.200. The van der Waals surface area contributed by atoms with Crippen LogP contribution < -0.4 is 4.74 Å². The molecule has 0 atom stereocenters. The monoisotopic (exact) mass is 223 g/mol. The van der Waals surface area contributed by atoms with E-state index in [0.717, 1.165) is 9.45 Å². The average Bonchev–Trinajstić information content (AvgIpc) is 2.14. The molecule has 0 fully saturated rings. The number of aromatic amines is 1. The van der Waals surface area contributed by atoms with Gasteiger partial charge in [-0.1, -0.05) is 0 Å². The van der Waals surface area contributed by atoms with E-state index in [-0.39, 0.29) is 0 Å². The normalized spacial score (nSPS) is 9.25. The highest BCUT2D eigenvalue weighted by atomic mass is 127. The maximum atomic E-state index is 4.90. The quantitative estimate of drug-likeness (QED) is 0.719. The van der Waals surface area contributed by atoms with Gasteiger partial charge in [0.15, 0.2) is 0 Å². The van der Waals surface area contributed by atoms with Gasteiger partial charge in [0.25, 0.3) is 0 Å². The summed E-state index contributed by atoms with van der Waals surface area (Å²) in [6.07, 6.45) is 1.82. The molecule has 0 saturated carbocycles. The molecule has 0 radical (unpaired) electrons. The van der Waals surface area contributed by atoms with E-state index in [2.05, 4.69) is 27.6 Å². The molecule has 0 aliphatic heterocycles. The Hall–Kier alpha value is -0.190. The number of nitrogens with one attached hydrogen (secondary N) is 1. The number of hydrogen-bond acceptors (Lipinski definition) is 1. The van der Waals surface area contributed by atoms with Crippen molar-refractivity contribution in [2.24, 2.45) is 0 Å². The Bertz CT molecular complexity index is 173. The second kappa shape index (κ2) is 2.39. The fourth-order valence-electron chi connectivity index (χ4n) is 0.466. The maximum absolute atomic E-state index is 4.90. The van der Waals surface area contributed by atoms with Crippen LogP contribution in [0.5, 0.6) is 5.75 Å². The highest BCUT2D eigenvalue weighted by Crippen LogP contribution is 2.12. The van der Waals surface area contributed by atoms with Crippen molar-refractivity contribution in [3.63, 3.8) is 0 Å². The topological polar surface area (TPSA) is 25.0 Å². The molecule has 0 aliphatic rings. The van der Waals surface area contributed by atoms with Gasteiger partial charge in [0.1, 0.15) is 5.75 Å². The van der Waals surface area contributed by atoms with E-state index >= 15 is 0 Å². The second-order valence-electron chi connectivity index (χ2n) is 1.39. The highest BCUT2D eigenvalue weighted by molar-refractivity contribution is 14.1. The summed E-state index contributed by atoms with van der Waals surface area (Å²) in [5.74, 6) is 0.884. The van der Waals surface area contributed by atoms with Crippen molar-refractivity contribution in [2.45, 2.75) is 0 Å². The molecule has 2 nitrogen and oxygen atoms in total. The van der Waals surface area contributed by atoms with Crippen LogP contribution >= 0.6 is 22.6 Å². The van der Waals surface area contributed by atoms with E-state index in [1.807, 2.05) is 12.3 Å². The van der Waals surface area contributed by atoms with Crippen LogP contribution in [-0.2, 0) is 0 Å². The number of methoxy groups -OCH3 is 1. The van der Waals surface area contributed by atoms with Gasteiger partial charge in [-0.05, 0) is 22.6 Å². The molecular formula is C5H6INO. The molecule has 44 valence electrons. The molecule has 3 heteroatoms. The summed E-state index contributed by atoms with van der Waals surface area (Å²) in [6.45, 7) is 0. The molecule has 1 rings (SSSR count). The first-order valence-electron chi connectivity index (χ1n) is 2.21. The number of H-pyrrole nitrogens is 1. The highest BCUT2D eigenvalue weighted by Gasteiger charge is 1.90. The first-order chi connectivity index (χ1) is 3.83. The van der Waals surface area contributed by atoms with E-state index < -0.39 is 0 Å². The summed E-state index contributed by atoms with van der Waals surface area (Å²) in [5, 5.41) is 0. The molecular weight excluding hydrogens is 217 g/mol. The van der Waals surface area contributed by atoms with Gasteiger partial charge in [0.2, 0.25) is 0 Å². The summed E-state index contributed by atoms with van der Waals surface area (Å²) in [6, 6.07) is 1.93. The number of aromatic nitrogens is 1. The number of rotatable bonds is 1. The molecule has 0 aromatic carbocycles. The van der Waals surface area contributed by atoms with Crippen LogP contribution in [0.3, 0.4) is 0 Å². The Labute approximate surface area is 61.4 Å². The van der Waals surface area contributed by atoms with Crippen LogP contribution in [0.4, 0.5) is 0 Å². The van der Waals surface area contributed by atoms with E-state index in [4.69, 9.17) is 4.74 Å². The Morgan fingerprint density at radius 3 is 2.75 bits per heavy atom. The van der Waals surface area contributed by atoms with E-state index in [0.29, 0.717) is 0 Å². The molecule has 1 aromatic rings. The molecule has 0 aliphatic carbocycles. The minimum Gasteiger partial charge on any atom is -0.495 e. The van der Waals surface area contributed by atoms with Gasteiger partial charge in [0.05, 0.1) is 10.8 Å². The van der Waals surface area contributed by atoms with Crippen molar-refractivity contribution < 1.29 is 4.74 Å². The zero-order valence-electron chi connectivity index (χ0n) is 4.44. The van der Waals surface area contributed by atoms with E-state index in [1.54, 1.807) is 7.11 Å². The maximum Gasteiger partial charge on any atom is 0.137 e.